The number of hydrogen-bond acceptors (Lipinski definition) is 6. The van der Waals surface area contributed by atoms with Crippen LogP contribution in [-0.2, 0) is 16.1 Å². The van der Waals surface area contributed by atoms with E-state index in [2.05, 4.69) is 4.98 Å². The number of carbonyl (C=O) groups excluding carboxylic acids is 1. The molecule has 0 amide bonds. The van der Waals surface area contributed by atoms with E-state index in [1.807, 2.05) is 48.7 Å². The number of hydrogen-bond donors (Lipinski definition) is 0. The molecule has 0 saturated heterocycles. The third-order valence-corrected chi connectivity index (χ3v) is 4.35. The van der Waals surface area contributed by atoms with Gasteiger partial charge >= 0.3 is 5.97 Å². The van der Waals surface area contributed by atoms with Gasteiger partial charge in [-0.2, -0.15) is 0 Å². The van der Waals surface area contributed by atoms with Crippen molar-refractivity contribution in [1.29, 1.82) is 0 Å². The van der Waals surface area contributed by atoms with Crippen LogP contribution in [0.3, 0.4) is 0 Å². The summed E-state index contributed by atoms with van der Waals surface area (Å²) in [6.45, 7) is 2.67. The summed E-state index contributed by atoms with van der Waals surface area (Å²) < 4.78 is 16.2. The molecule has 0 N–H and O–H groups in total. The second-order valence-corrected chi connectivity index (χ2v) is 6.41. The number of carbonyl (C=O) groups is 1. The molecule has 6 heteroatoms. The van der Waals surface area contributed by atoms with Crippen molar-refractivity contribution in [1.82, 2.24) is 4.98 Å². The maximum absolute atomic E-state index is 11.8. The van der Waals surface area contributed by atoms with Gasteiger partial charge in [0.2, 0.25) is 0 Å². The van der Waals surface area contributed by atoms with Gasteiger partial charge in [0.05, 0.1) is 18.6 Å². The second-order valence-electron chi connectivity index (χ2n) is 5.55. The van der Waals surface area contributed by atoms with Crippen LogP contribution in [0.5, 0.6) is 5.75 Å². The van der Waals surface area contributed by atoms with Crippen molar-refractivity contribution in [2.75, 3.05) is 6.61 Å². The summed E-state index contributed by atoms with van der Waals surface area (Å²) in [4.78, 5) is 16.2. The predicted molar refractivity (Wildman–Crippen MR) is 95.5 cm³/mol. The van der Waals surface area contributed by atoms with Crippen LogP contribution in [0.2, 0.25) is 0 Å². The van der Waals surface area contributed by atoms with Crippen LogP contribution in [0.1, 0.15) is 24.1 Å². The molecule has 2 aromatic heterocycles. The lowest BCUT2D eigenvalue weighted by molar-refractivity contribution is -0.145. The summed E-state index contributed by atoms with van der Waals surface area (Å²) in [5.41, 5.74) is 1.87. The Morgan fingerprint density at radius 1 is 1.28 bits per heavy atom. The average Bonchev–Trinajstić information content (AvgIpc) is 3.28. The van der Waals surface area contributed by atoms with Crippen molar-refractivity contribution in [3.05, 3.63) is 59.3 Å². The molecule has 0 spiro atoms. The minimum Gasteiger partial charge on any atom is -0.494 e. The Labute approximate surface area is 150 Å². The maximum atomic E-state index is 11.8. The number of nitrogens with zero attached hydrogens (tertiary/aromatic N) is 1. The first-order chi connectivity index (χ1) is 12.2. The fraction of sp³-hybridized carbons (Fsp3) is 0.263. The van der Waals surface area contributed by atoms with E-state index in [0.29, 0.717) is 19.4 Å². The molecule has 3 rings (SSSR count). The van der Waals surface area contributed by atoms with Crippen molar-refractivity contribution in [3.8, 4) is 16.5 Å². The first kappa shape index (κ1) is 17.2. The Hall–Kier alpha value is -2.60. The molecule has 0 aliphatic heterocycles. The van der Waals surface area contributed by atoms with E-state index in [1.165, 1.54) is 11.3 Å². The summed E-state index contributed by atoms with van der Waals surface area (Å²) in [5, 5.41) is 2.65. The van der Waals surface area contributed by atoms with Crippen LogP contribution >= 0.6 is 11.3 Å². The Bertz CT molecular complexity index is 810. The zero-order valence-electron chi connectivity index (χ0n) is 13.9. The number of rotatable bonds is 8. The number of aromatic nitrogens is 1. The topological polar surface area (TPSA) is 61.6 Å². The van der Waals surface area contributed by atoms with E-state index in [4.69, 9.17) is 13.9 Å². The number of benzene rings is 1. The fourth-order valence-electron chi connectivity index (χ4n) is 2.22. The van der Waals surface area contributed by atoms with Gasteiger partial charge in [-0.1, -0.05) is 12.1 Å². The number of esters is 1. The Morgan fingerprint density at radius 3 is 3.00 bits per heavy atom. The third kappa shape index (κ3) is 5.19. The van der Waals surface area contributed by atoms with Crippen LogP contribution in [-0.4, -0.2) is 17.6 Å². The molecular formula is C19H19NO4S. The molecule has 130 valence electrons. The van der Waals surface area contributed by atoms with Gasteiger partial charge in [-0.3, -0.25) is 4.79 Å². The summed E-state index contributed by atoms with van der Waals surface area (Å²) in [6.07, 6.45) is 2.54. The molecule has 3 aromatic rings. The highest BCUT2D eigenvalue weighted by Gasteiger charge is 2.09. The lowest BCUT2D eigenvalue weighted by atomic mass is 10.2. The normalized spacial score (nSPS) is 10.6. The van der Waals surface area contributed by atoms with Crippen LogP contribution in [0.15, 0.2) is 52.5 Å². The Kier molecular flexibility index (Phi) is 5.85. The third-order valence-electron chi connectivity index (χ3n) is 3.45. The zero-order chi connectivity index (χ0) is 17.5. The number of ether oxygens (including phenoxy) is 2. The van der Waals surface area contributed by atoms with Crippen molar-refractivity contribution in [2.45, 2.75) is 26.4 Å². The quantitative estimate of drug-likeness (QED) is 0.435. The van der Waals surface area contributed by atoms with Gasteiger partial charge in [0.15, 0.2) is 10.8 Å². The summed E-state index contributed by atoms with van der Waals surface area (Å²) in [6, 6.07) is 11.5. The summed E-state index contributed by atoms with van der Waals surface area (Å²) in [5.74, 6) is 1.29. The van der Waals surface area contributed by atoms with E-state index in [9.17, 15) is 4.79 Å². The van der Waals surface area contributed by atoms with Crippen LogP contribution in [0.4, 0.5) is 0 Å². The molecule has 0 atom stereocenters. The summed E-state index contributed by atoms with van der Waals surface area (Å²) in [7, 11) is 0. The number of furan rings is 1. The first-order valence-corrected chi connectivity index (χ1v) is 8.92. The van der Waals surface area contributed by atoms with E-state index in [0.717, 1.165) is 27.8 Å². The van der Waals surface area contributed by atoms with E-state index in [1.54, 1.807) is 6.26 Å². The van der Waals surface area contributed by atoms with Gasteiger partial charge in [-0.25, -0.2) is 4.98 Å². The van der Waals surface area contributed by atoms with Gasteiger partial charge in [-0.15, -0.1) is 11.3 Å². The second kappa shape index (κ2) is 8.48. The number of thiazole rings is 1. The molecule has 1 aromatic carbocycles. The van der Waals surface area contributed by atoms with Gasteiger partial charge in [0.1, 0.15) is 12.4 Å². The Morgan fingerprint density at radius 2 is 2.20 bits per heavy atom. The fourth-order valence-corrected chi connectivity index (χ4v) is 3.00. The van der Waals surface area contributed by atoms with Crippen molar-refractivity contribution in [2.24, 2.45) is 0 Å². The van der Waals surface area contributed by atoms with Crippen LogP contribution < -0.4 is 4.74 Å². The smallest absolute Gasteiger partial charge is 0.306 e. The van der Waals surface area contributed by atoms with Crippen molar-refractivity contribution >= 4 is 17.3 Å². The SMILES string of the molecule is Cc1cccc(OCCCC(=O)OCc2csc(-c3ccco3)n2)c1. The Balaban J connectivity index is 1.35. The molecule has 25 heavy (non-hydrogen) atoms. The number of aryl methyl sites for hydroxylation is 1. The van der Waals surface area contributed by atoms with E-state index in [-0.39, 0.29) is 12.6 Å². The molecule has 0 bridgehead atoms. The molecule has 0 fully saturated rings. The van der Waals surface area contributed by atoms with Gasteiger partial charge in [-0.05, 0) is 43.2 Å². The monoisotopic (exact) mass is 357 g/mol. The lowest BCUT2D eigenvalue weighted by Crippen LogP contribution is -2.07. The lowest BCUT2D eigenvalue weighted by Gasteiger charge is -2.06. The molecule has 0 unspecified atom stereocenters. The van der Waals surface area contributed by atoms with Gasteiger partial charge in [0.25, 0.3) is 0 Å². The average molecular weight is 357 g/mol. The largest absolute Gasteiger partial charge is 0.494 e. The van der Waals surface area contributed by atoms with Crippen molar-refractivity contribution in [3.63, 3.8) is 0 Å². The zero-order valence-corrected chi connectivity index (χ0v) is 14.8. The predicted octanol–water partition coefficient (Wildman–Crippen LogP) is 4.61. The highest BCUT2D eigenvalue weighted by atomic mass is 32.1. The van der Waals surface area contributed by atoms with E-state index >= 15 is 0 Å². The van der Waals surface area contributed by atoms with Crippen molar-refractivity contribution < 1.29 is 18.7 Å². The highest BCUT2D eigenvalue weighted by molar-refractivity contribution is 7.13. The standard InChI is InChI=1S/C19H19NO4S/c1-14-5-2-6-16(11-14)22-9-4-8-18(21)24-12-15-13-25-19(20-15)17-7-3-10-23-17/h2-3,5-7,10-11,13H,4,8-9,12H2,1H3. The first-order valence-electron chi connectivity index (χ1n) is 8.04. The minimum absolute atomic E-state index is 0.175. The minimum atomic E-state index is -0.250. The molecular weight excluding hydrogens is 338 g/mol. The summed E-state index contributed by atoms with van der Waals surface area (Å²) >= 11 is 1.46. The molecule has 0 aliphatic carbocycles. The molecule has 0 radical (unpaired) electrons. The van der Waals surface area contributed by atoms with Crippen LogP contribution in [0, 0.1) is 6.92 Å². The highest BCUT2D eigenvalue weighted by Crippen LogP contribution is 2.24. The maximum Gasteiger partial charge on any atom is 0.306 e. The molecule has 2 heterocycles. The molecule has 5 nitrogen and oxygen atoms in total. The van der Waals surface area contributed by atoms with E-state index < -0.39 is 0 Å². The van der Waals surface area contributed by atoms with Gasteiger partial charge < -0.3 is 13.9 Å². The van der Waals surface area contributed by atoms with Crippen LogP contribution in [0.25, 0.3) is 10.8 Å². The molecule has 0 saturated carbocycles. The molecule has 0 aliphatic rings. The van der Waals surface area contributed by atoms with Gasteiger partial charge in [0, 0.05) is 11.8 Å².